The van der Waals surface area contributed by atoms with Crippen LogP contribution in [0.3, 0.4) is 0 Å². The van der Waals surface area contributed by atoms with Gasteiger partial charge < -0.3 is 19.9 Å². The number of amides is 1. The minimum absolute atomic E-state index is 0.183. The van der Waals surface area contributed by atoms with Crippen LogP contribution < -0.4 is 15.1 Å². The van der Waals surface area contributed by atoms with Crippen LogP contribution in [-0.4, -0.2) is 51.8 Å². The predicted octanol–water partition coefficient (Wildman–Crippen LogP) is -0.433. The second kappa shape index (κ2) is 10.7. The molecule has 1 aromatic rings. The number of morpholine rings is 1. The van der Waals surface area contributed by atoms with Gasteiger partial charge in [0, 0.05) is 12.1 Å². The van der Waals surface area contributed by atoms with Gasteiger partial charge in [-0.2, -0.15) is 0 Å². The first-order chi connectivity index (χ1) is 12.8. The molecule has 0 spiro atoms. The molecular formula is C21H35N3O2+2. The molecule has 144 valence electrons. The molecular weight excluding hydrogens is 326 g/mol. The van der Waals surface area contributed by atoms with E-state index in [-0.39, 0.29) is 5.91 Å². The highest BCUT2D eigenvalue weighted by Gasteiger charge is 2.16. The topological polar surface area (TPSA) is 47.2 Å². The number of benzene rings is 1. The average molecular weight is 362 g/mol. The van der Waals surface area contributed by atoms with Gasteiger partial charge in [0.05, 0.1) is 26.3 Å². The second-order valence-electron chi connectivity index (χ2n) is 7.83. The van der Waals surface area contributed by atoms with Crippen molar-refractivity contribution < 1.29 is 19.3 Å². The maximum atomic E-state index is 12.3. The SMILES string of the molecule is O=C(C[NH+]1CCCCCCC1)NCc1ccc(C[NH+]2CCOCC2)cc1. The molecule has 0 aromatic heterocycles. The molecule has 3 rings (SSSR count). The summed E-state index contributed by atoms with van der Waals surface area (Å²) in [4.78, 5) is 15.3. The summed E-state index contributed by atoms with van der Waals surface area (Å²) in [5, 5.41) is 3.10. The number of quaternary nitrogens is 2. The van der Waals surface area contributed by atoms with Crippen LogP contribution >= 0.6 is 0 Å². The van der Waals surface area contributed by atoms with Crippen LogP contribution in [0.1, 0.15) is 43.2 Å². The third kappa shape index (κ3) is 6.71. The van der Waals surface area contributed by atoms with E-state index in [2.05, 4.69) is 29.6 Å². The third-order valence-electron chi connectivity index (χ3n) is 5.64. The lowest BCUT2D eigenvalue weighted by atomic mass is 10.1. The molecule has 1 amide bonds. The number of nitrogens with one attached hydrogen (secondary N) is 3. The van der Waals surface area contributed by atoms with Crippen molar-refractivity contribution in [2.45, 2.75) is 45.2 Å². The molecule has 2 heterocycles. The molecule has 26 heavy (non-hydrogen) atoms. The molecule has 3 N–H and O–H groups in total. The van der Waals surface area contributed by atoms with Crippen LogP contribution in [0.2, 0.25) is 0 Å². The zero-order valence-corrected chi connectivity index (χ0v) is 16.0. The lowest BCUT2D eigenvalue weighted by Crippen LogP contribution is -3.13. The van der Waals surface area contributed by atoms with Gasteiger partial charge >= 0.3 is 0 Å². The molecule has 0 unspecified atom stereocenters. The van der Waals surface area contributed by atoms with E-state index < -0.39 is 0 Å². The van der Waals surface area contributed by atoms with E-state index in [1.165, 1.54) is 48.1 Å². The Morgan fingerprint density at radius 1 is 0.846 bits per heavy atom. The second-order valence-corrected chi connectivity index (χ2v) is 7.83. The normalized spacial score (nSPS) is 20.3. The van der Waals surface area contributed by atoms with Gasteiger partial charge in [-0.3, -0.25) is 4.79 Å². The van der Waals surface area contributed by atoms with Crippen LogP contribution in [0.15, 0.2) is 24.3 Å². The Morgan fingerprint density at radius 2 is 1.46 bits per heavy atom. The van der Waals surface area contributed by atoms with Crippen molar-refractivity contribution in [3.05, 3.63) is 35.4 Å². The lowest BCUT2D eigenvalue weighted by molar-refractivity contribution is -0.921. The van der Waals surface area contributed by atoms with Gasteiger partial charge in [0.2, 0.25) is 0 Å². The average Bonchev–Trinajstić information content (AvgIpc) is 2.64. The fourth-order valence-electron chi connectivity index (χ4n) is 3.97. The summed E-state index contributed by atoms with van der Waals surface area (Å²) in [6.45, 7) is 8.55. The molecule has 1 aromatic carbocycles. The summed E-state index contributed by atoms with van der Waals surface area (Å²) in [5.74, 6) is 0.183. The summed E-state index contributed by atoms with van der Waals surface area (Å²) in [6, 6.07) is 8.71. The summed E-state index contributed by atoms with van der Waals surface area (Å²) in [6.07, 6.45) is 6.53. The fourth-order valence-corrected chi connectivity index (χ4v) is 3.97. The summed E-state index contributed by atoms with van der Waals surface area (Å²) >= 11 is 0. The van der Waals surface area contributed by atoms with Crippen molar-refractivity contribution in [1.82, 2.24) is 5.32 Å². The highest BCUT2D eigenvalue weighted by molar-refractivity contribution is 5.76. The molecule has 2 aliphatic heterocycles. The van der Waals surface area contributed by atoms with Crippen molar-refractivity contribution in [1.29, 1.82) is 0 Å². The number of likely N-dealkylation sites (tertiary alicyclic amines) is 1. The smallest absolute Gasteiger partial charge is 0.275 e. The molecule has 5 nitrogen and oxygen atoms in total. The van der Waals surface area contributed by atoms with Crippen molar-refractivity contribution >= 4 is 5.91 Å². The van der Waals surface area contributed by atoms with E-state index in [0.717, 1.165) is 45.9 Å². The number of rotatable bonds is 6. The first kappa shape index (κ1) is 19.3. The number of hydrogen-bond acceptors (Lipinski definition) is 2. The van der Waals surface area contributed by atoms with Gasteiger partial charge in [0.1, 0.15) is 19.6 Å². The first-order valence-corrected chi connectivity index (χ1v) is 10.4. The molecule has 2 aliphatic rings. The van der Waals surface area contributed by atoms with Gasteiger partial charge in [-0.05, 0) is 31.2 Å². The Morgan fingerprint density at radius 3 is 2.15 bits per heavy atom. The molecule has 0 bridgehead atoms. The Bertz CT molecular complexity index is 533. The van der Waals surface area contributed by atoms with Crippen LogP contribution in [0.4, 0.5) is 0 Å². The van der Waals surface area contributed by atoms with E-state index >= 15 is 0 Å². The zero-order chi connectivity index (χ0) is 18.0. The summed E-state index contributed by atoms with van der Waals surface area (Å²) in [5.41, 5.74) is 2.55. The number of hydrogen-bond donors (Lipinski definition) is 3. The number of ether oxygens (including phenoxy) is 1. The van der Waals surface area contributed by atoms with E-state index in [1.807, 2.05) is 0 Å². The van der Waals surface area contributed by atoms with Crippen molar-refractivity contribution in [2.24, 2.45) is 0 Å². The molecule has 0 radical (unpaired) electrons. The molecule has 2 fully saturated rings. The maximum Gasteiger partial charge on any atom is 0.275 e. The van der Waals surface area contributed by atoms with Crippen molar-refractivity contribution in [2.75, 3.05) is 45.9 Å². The maximum absolute atomic E-state index is 12.3. The third-order valence-corrected chi connectivity index (χ3v) is 5.64. The standard InChI is InChI=1S/C21H33N3O2/c25-21(18-23-10-4-2-1-3-5-11-23)22-16-19-6-8-20(9-7-19)17-24-12-14-26-15-13-24/h6-9H,1-5,10-18H2,(H,22,25)/p+2. The number of carbonyl (C=O) groups excluding carboxylic acids is 1. The fraction of sp³-hybridized carbons (Fsp3) is 0.667. The predicted molar refractivity (Wildman–Crippen MR) is 102 cm³/mol. The largest absolute Gasteiger partial charge is 0.370 e. The highest BCUT2D eigenvalue weighted by Crippen LogP contribution is 2.04. The van der Waals surface area contributed by atoms with Gasteiger partial charge in [0.15, 0.2) is 6.54 Å². The molecule has 0 aliphatic carbocycles. The van der Waals surface area contributed by atoms with Crippen LogP contribution in [-0.2, 0) is 22.6 Å². The quantitative estimate of drug-likeness (QED) is 0.644. The van der Waals surface area contributed by atoms with Crippen LogP contribution in [0.25, 0.3) is 0 Å². The van der Waals surface area contributed by atoms with Gasteiger partial charge in [-0.25, -0.2) is 0 Å². The van der Waals surface area contributed by atoms with Crippen LogP contribution in [0.5, 0.6) is 0 Å². The minimum Gasteiger partial charge on any atom is -0.370 e. The Balaban J connectivity index is 1.38. The van der Waals surface area contributed by atoms with Crippen molar-refractivity contribution in [3.8, 4) is 0 Å². The Labute approximate surface area is 157 Å². The monoisotopic (exact) mass is 361 g/mol. The van der Waals surface area contributed by atoms with E-state index in [1.54, 1.807) is 4.90 Å². The highest BCUT2D eigenvalue weighted by atomic mass is 16.5. The van der Waals surface area contributed by atoms with E-state index in [9.17, 15) is 4.79 Å². The Hall–Kier alpha value is -1.43. The van der Waals surface area contributed by atoms with Crippen LogP contribution in [0, 0.1) is 0 Å². The minimum atomic E-state index is 0.183. The van der Waals surface area contributed by atoms with Gasteiger partial charge in [-0.15, -0.1) is 0 Å². The molecule has 5 heteroatoms. The first-order valence-electron chi connectivity index (χ1n) is 10.4. The molecule has 0 saturated carbocycles. The summed E-state index contributed by atoms with van der Waals surface area (Å²) in [7, 11) is 0. The van der Waals surface area contributed by atoms with Crippen molar-refractivity contribution in [3.63, 3.8) is 0 Å². The lowest BCUT2D eigenvalue weighted by Gasteiger charge is -2.23. The molecule has 2 saturated heterocycles. The van der Waals surface area contributed by atoms with E-state index in [0.29, 0.717) is 13.1 Å². The summed E-state index contributed by atoms with van der Waals surface area (Å²) < 4.78 is 5.42. The number of carbonyl (C=O) groups is 1. The van der Waals surface area contributed by atoms with Gasteiger partial charge in [-0.1, -0.05) is 30.7 Å². The van der Waals surface area contributed by atoms with Gasteiger partial charge in [0.25, 0.3) is 5.91 Å². The zero-order valence-electron chi connectivity index (χ0n) is 16.0. The van der Waals surface area contributed by atoms with E-state index in [4.69, 9.17) is 4.74 Å². The molecule has 0 atom stereocenters. The Kier molecular flexibility index (Phi) is 7.92.